The van der Waals surface area contributed by atoms with Gasteiger partial charge in [0.1, 0.15) is 18.2 Å². The van der Waals surface area contributed by atoms with Crippen LogP contribution in [-0.2, 0) is 6.61 Å². The van der Waals surface area contributed by atoms with Crippen molar-refractivity contribution in [3.05, 3.63) is 92.6 Å². The molecule has 0 aliphatic heterocycles. The number of H-pyrrole nitrogens is 1. The monoisotopic (exact) mass is 379 g/mol. The zero-order chi connectivity index (χ0) is 20.1. The first-order valence-corrected chi connectivity index (χ1v) is 9.33. The highest BCUT2D eigenvalue weighted by atomic mass is 16.5. The van der Waals surface area contributed by atoms with Gasteiger partial charge in [-0.25, -0.2) is 4.79 Å². The summed E-state index contributed by atoms with van der Waals surface area (Å²) in [6, 6.07) is 18.9. The molecule has 0 radical (unpaired) electrons. The molecule has 0 fully saturated rings. The van der Waals surface area contributed by atoms with Crippen molar-refractivity contribution in [3.63, 3.8) is 0 Å². The van der Waals surface area contributed by atoms with Crippen LogP contribution in [0, 0.1) is 0 Å². The molecule has 0 bridgehead atoms. The Morgan fingerprint density at radius 2 is 1.68 bits per heavy atom. The van der Waals surface area contributed by atoms with E-state index in [4.69, 9.17) is 4.74 Å². The molecule has 3 aromatic rings. The lowest BCUT2D eigenvalue weighted by Crippen LogP contribution is -2.36. The number of nitrogens with zero attached hydrogens (tertiary/aromatic N) is 1. The van der Waals surface area contributed by atoms with Crippen LogP contribution in [0.5, 0.6) is 5.75 Å². The average Bonchev–Trinajstić information content (AvgIpc) is 2.66. The number of hydrogen-bond acceptors (Lipinski definition) is 4. The predicted octanol–water partition coefficient (Wildman–Crippen LogP) is 3.87. The molecule has 1 atom stereocenters. The summed E-state index contributed by atoms with van der Waals surface area (Å²) >= 11 is 0. The molecule has 1 aromatic heterocycles. The Kier molecular flexibility index (Phi) is 5.99. The highest BCUT2D eigenvalue weighted by Gasteiger charge is 2.10. The fourth-order valence-electron chi connectivity index (χ4n) is 2.98. The van der Waals surface area contributed by atoms with Crippen LogP contribution < -0.4 is 21.3 Å². The molecular weight excluding hydrogens is 354 g/mol. The molecule has 0 spiro atoms. The fourth-order valence-corrected chi connectivity index (χ4v) is 2.98. The molecule has 146 valence electrons. The van der Waals surface area contributed by atoms with Gasteiger partial charge in [0.2, 0.25) is 0 Å². The number of ether oxygens (including phenoxy) is 1. The van der Waals surface area contributed by atoms with Crippen molar-refractivity contribution < 1.29 is 4.74 Å². The number of aromatic amines is 1. The summed E-state index contributed by atoms with van der Waals surface area (Å²) in [6.07, 6.45) is 0. The maximum Gasteiger partial charge on any atom is 0.330 e. The first-order chi connectivity index (χ1) is 13.4. The van der Waals surface area contributed by atoms with E-state index in [9.17, 15) is 9.59 Å². The molecule has 28 heavy (non-hydrogen) atoms. The quantitative estimate of drug-likeness (QED) is 0.653. The summed E-state index contributed by atoms with van der Waals surface area (Å²) in [5.41, 5.74) is 1.39. The van der Waals surface area contributed by atoms with E-state index in [1.807, 2.05) is 61.5 Å². The average molecular weight is 379 g/mol. The molecule has 3 rings (SSSR count). The number of aromatic nitrogens is 2. The first-order valence-electron chi connectivity index (χ1n) is 9.33. The Morgan fingerprint density at radius 1 is 1.00 bits per heavy atom. The summed E-state index contributed by atoms with van der Waals surface area (Å²) < 4.78 is 6.99. The maximum absolute atomic E-state index is 12.1. The van der Waals surface area contributed by atoms with E-state index in [1.165, 1.54) is 10.6 Å². The van der Waals surface area contributed by atoms with Gasteiger partial charge >= 0.3 is 5.69 Å². The van der Waals surface area contributed by atoms with Crippen molar-refractivity contribution in [2.75, 3.05) is 5.32 Å². The molecule has 0 aliphatic carbocycles. The van der Waals surface area contributed by atoms with Crippen LogP contribution in [0.3, 0.4) is 0 Å². The number of hydrogen-bond donors (Lipinski definition) is 2. The Morgan fingerprint density at radius 3 is 2.29 bits per heavy atom. The molecule has 2 N–H and O–H groups in total. The standard InChI is InChI=1S/C22H25N3O3/c1-15(2)25-21(26)13-20(24-22(25)27)23-16(3)18-9-11-19(12-10-18)28-14-17-7-5-4-6-8-17/h4-13,15-16,23H,14H2,1-3H3,(H,24,27)/t16-/m0/s1. The van der Waals surface area contributed by atoms with Crippen molar-refractivity contribution in [1.29, 1.82) is 0 Å². The largest absolute Gasteiger partial charge is 0.489 e. The van der Waals surface area contributed by atoms with Crippen molar-refractivity contribution in [2.45, 2.75) is 39.5 Å². The minimum absolute atomic E-state index is 0.0897. The summed E-state index contributed by atoms with van der Waals surface area (Å²) in [5.74, 6) is 1.19. The maximum atomic E-state index is 12.1. The Bertz CT molecular complexity index is 990. The van der Waals surface area contributed by atoms with Crippen LogP contribution in [0.2, 0.25) is 0 Å². The predicted molar refractivity (Wildman–Crippen MR) is 111 cm³/mol. The number of benzene rings is 2. The molecule has 1 heterocycles. The van der Waals surface area contributed by atoms with E-state index in [2.05, 4.69) is 10.3 Å². The number of anilines is 1. The van der Waals surface area contributed by atoms with E-state index < -0.39 is 5.69 Å². The lowest BCUT2D eigenvalue weighted by atomic mass is 10.1. The van der Waals surface area contributed by atoms with Gasteiger partial charge in [-0.2, -0.15) is 0 Å². The summed E-state index contributed by atoms with van der Waals surface area (Å²) in [6.45, 7) is 6.08. The van der Waals surface area contributed by atoms with Crippen LogP contribution in [0.25, 0.3) is 0 Å². The minimum Gasteiger partial charge on any atom is -0.489 e. The van der Waals surface area contributed by atoms with Gasteiger partial charge in [-0.1, -0.05) is 42.5 Å². The van der Waals surface area contributed by atoms with E-state index in [-0.39, 0.29) is 17.6 Å². The summed E-state index contributed by atoms with van der Waals surface area (Å²) in [7, 11) is 0. The smallest absolute Gasteiger partial charge is 0.330 e. The van der Waals surface area contributed by atoms with Gasteiger partial charge in [0.05, 0.1) is 0 Å². The zero-order valence-electron chi connectivity index (χ0n) is 16.3. The molecule has 0 amide bonds. The van der Waals surface area contributed by atoms with Gasteiger partial charge in [0.15, 0.2) is 0 Å². The van der Waals surface area contributed by atoms with E-state index in [0.29, 0.717) is 12.4 Å². The van der Waals surface area contributed by atoms with Gasteiger partial charge in [-0.15, -0.1) is 0 Å². The normalized spacial score (nSPS) is 12.0. The van der Waals surface area contributed by atoms with Gasteiger partial charge in [0.25, 0.3) is 5.56 Å². The number of nitrogens with one attached hydrogen (secondary N) is 2. The molecule has 0 saturated carbocycles. The van der Waals surface area contributed by atoms with Crippen molar-refractivity contribution in [2.24, 2.45) is 0 Å². The second-order valence-electron chi connectivity index (χ2n) is 7.00. The topological polar surface area (TPSA) is 76.1 Å². The van der Waals surface area contributed by atoms with Crippen molar-refractivity contribution in [1.82, 2.24) is 9.55 Å². The number of rotatable bonds is 7. The third-order valence-corrected chi connectivity index (χ3v) is 4.48. The van der Waals surface area contributed by atoms with Gasteiger partial charge in [0, 0.05) is 18.2 Å². The first kappa shape index (κ1) is 19.5. The molecular formula is C22H25N3O3. The van der Waals surface area contributed by atoms with Gasteiger partial charge in [-0.3, -0.25) is 14.3 Å². The Labute approximate surface area is 163 Å². The van der Waals surface area contributed by atoms with Crippen molar-refractivity contribution in [3.8, 4) is 5.75 Å². The molecule has 6 heteroatoms. The van der Waals surface area contributed by atoms with Crippen LogP contribution in [0.15, 0.2) is 70.3 Å². The molecule has 0 saturated heterocycles. The third-order valence-electron chi connectivity index (χ3n) is 4.48. The lowest BCUT2D eigenvalue weighted by Gasteiger charge is -2.17. The van der Waals surface area contributed by atoms with Gasteiger partial charge < -0.3 is 10.1 Å². The Hall–Kier alpha value is -3.28. The van der Waals surface area contributed by atoms with E-state index in [0.717, 1.165) is 16.9 Å². The lowest BCUT2D eigenvalue weighted by molar-refractivity contribution is 0.306. The third kappa shape index (κ3) is 4.71. The molecule has 2 aromatic carbocycles. The van der Waals surface area contributed by atoms with E-state index in [1.54, 1.807) is 13.8 Å². The highest BCUT2D eigenvalue weighted by molar-refractivity contribution is 5.38. The van der Waals surface area contributed by atoms with Crippen molar-refractivity contribution >= 4 is 5.82 Å². The van der Waals surface area contributed by atoms with Crippen LogP contribution >= 0.6 is 0 Å². The highest BCUT2D eigenvalue weighted by Crippen LogP contribution is 2.21. The molecule has 6 nitrogen and oxygen atoms in total. The molecule has 0 unspecified atom stereocenters. The zero-order valence-corrected chi connectivity index (χ0v) is 16.3. The molecule has 0 aliphatic rings. The SMILES string of the molecule is CC(C)n1c(=O)cc(N[C@@H](C)c2ccc(OCc3ccccc3)cc2)[nH]c1=O. The fraction of sp³-hybridized carbons (Fsp3) is 0.273. The van der Waals surface area contributed by atoms with Crippen LogP contribution in [-0.4, -0.2) is 9.55 Å². The Balaban J connectivity index is 1.65. The summed E-state index contributed by atoms with van der Waals surface area (Å²) in [4.78, 5) is 27.0. The summed E-state index contributed by atoms with van der Waals surface area (Å²) in [5, 5.41) is 3.17. The van der Waals surface area contributed by atoms with Crippen LogP contribution in [0.1, 0.15) is 44.0 Å². The van der Waals surface area contributed by atoms with Gasteiger partial charge in [-0.05, 0) is 44.0 Å². The van der Waals surface area contributed by atoms with Crippen LogP contribution in [0.4, 0.5) is 5.82 Å². The van der Waals surface area contributed by atoms with E-state index >= 15 is 0 Å². The minimum atomic E-state index is -0.415. The second-order valence-corrected chi connectivity index (χ2v) is 7.00. The second kappa shape index (κ2) is 8.61.